The van der Waals surface area contributed by atoms with Gasteiger partial charge in [0, 0.05) is 5.02 Å². The van der Waals surface area contributed by atoms with Crippen molar-refractivity contribution in [1.82, 2.24) is 0 Å². The maximum Gasteiger partial charge on any atom is 0.125 e. The van der Waals surface area contributed by atoms with E-state index < -0.39 is 0 Å². The molecule has 2 nitrogen and oxygen atoms in total. The molecule has 0 heterocycles. The van der Waals surface area contributed by atoms with Crippen LogP contribution in [0.25, 0.3) is 0 Å². The quantitative estimate of drug-likeness (QED) is 0.871. The van der Waals surface area contributed by atoms with Gasteiger partial charge in [0.05, 0.1) is 7.11 Å². The fraction of sp³-hybridized carbons (Fsp3) is 0.571. The van der Waals surface area contributed by atoms with Crippen LogP contribution in [0.15, 0.2) is 6.07 Å². The van der Waals surface area contributed by atoms with Crippen molar-refractivity contribution in [3.05, 3.63) is 27.8 Å². The van der Waals surface area contributed by atoms with Crippen molar-refractivity contribution in [2.24, 2.45) is 5.73 Å². The van der Waals surface area contributed by atoms with Crippen molar-refractivity contribution in [3.63, 3.8) is 0 Å². The van der Waals surface area contributed by atoms with Gasteiger partial charge in [-0.15, -0.1) is 0 Å². The zero-order chi connectivity index (χ0) is 13.0. The molecule has 17 heavy (non-hydrogen) atoms. The zero-order valence-electron chi connectivity index (χ0n) is 11.1. The van der Waals surface area contributed by atoms with Crippen LogP contribution in [-0.2, 0) is 6.42 Å². The number of nitrogens with two attached hydrogens (primary N) is 1. The van der Waals surface area contributed by atoms with Gasteiger partial charge in [0.2, 0.25) is 0 Å². The van der Waals surface area contributed by atoms with Gasteiger partial charge in [-0.25, -0.2) is 0 Å². The van der Waals surface area contributed by atoms with Gasteiger partial charge in [0.1, 0.15) is 5.75 Å². The Morgan fingerprint density at radius 3 is 2.53 bits per heavy atom. The van der Waals surface area contributed by atoms with Gasteiger partial charge < -0.3 is 10.5 Å². The fourth-order valence-corrected chi connectivity index (χ4v) is 2.28. The largest absolute Gasteiger partial charge is 0.496 e. The minimum absolute atomic E-state index is 0.402. The molecule has 2 N–H and O–H groups in total. The van der Waals surface area contributed by atoms with Crippen LogP contribution in [0.4, 0.5) is 0 Å². The molecule has 3 heteroatoms. The van der Waals surface area contributed by atoms with Gasteiger partial charge in [0.15, 0.2) is 0 Å². The SMILES string of the molecule is COc1c(C(C)C)cc(Cl)c(C)c1CCCN. The lowest BCUT2D eigenvalue weighted by molar-refractivity contribution is 0.401. The van der Waals surface area contributed by atoms with Crippen molar-refractivity contribution < 1.29 is 4.74 Å². The molecule has 0 saturated heterocycles. The second-order valence-corrected chi connectivity index (χ2v) is 5.04. The van der Waals surface area contributed by atoms with Crippen molar-refractivity contribution in [2.45, 2.75) is 39.5 Å². The predicted molar refractivity (Wildman–Crippen MR) is 74.2 cm³/mol. The van der Waals surface area contributed by atoms with Crippen LogP contribution in [0.3, 0.4) is 0 Å². The molecule has 96 valence electrons. The highest BCUT2D eigenvalue weighted by atomic mass is 35.5. The molecule has 1 aromatic rings. The van der Waals surface area contributed by atoms with Gasteiger partial charge in [-0.1, -0.05) is 25.4 Å². The lowest BCUT2D eigenvalue weighted by Crippen LogP contribution is -2.06. The third-order valence-electron chi connectivity index (χ3n) is 3.09. The normalized spacial score (nSPS) is 11.0. The standard InChI is InChI=1S/C14H22ClNO/c1-9(2)12-8-13(15)10(3)11(6-5-7-16)14(12)17-4/h8-9H,5-7,16H2,1-4H3. The number of hydrogen-bond acceptors (Lipinski definition) is 2. The van der Waals surface area contributed by atoms with Crippen molar-refractivity contribution in [3.8, 4) is 5.75 Å². The number of hydrogen-bond donors (Lipinski definition) is 1. The molecule has 0 fully saturated rings. The summed E-state index contributed by atoms with van der Waals surface area (Å²) in [5, 5.41) is 0.821. The average molecular weight is 256 g/mol. The topological polar surface area (TPSA) is 35.2 Å². The Labute approximate surface area is 109 Å². The maximum absolute atomic E-state index is 6.28. The van der Waals surface area contributed by atoms with Crippen molar-refractivity contribution >= 4 is 11.6 Å². The van der Waals surface area contributed by atoms with Crippen LogP contribution >= 0.6 is 11.6 Å². The smallest absolute Gasteiger partial charge is 0.125 e. The lowest BCUT2D eigenvalue weighted by atomic mass is 9.93. The maximum atomic E-state index is 6.28. The van der Waals surface area contributed by atoms with Gasteiger partial charge in [0.25, 0.3) is 0 Å². The second kappa shape index (κ2) is 6.27. The van der Waals surface area contributed by atoms with Crippen LogP contribution in [-0.4, -0.2) is 13.7 Å². The van der Waals surface area contributed by atoms with Crippen LogP contribution in [0.5, 0.6) is 5.75 Å². The molecule has 0 aliphatic carbocycles. The third-order valence-corrected chi connectivity index (χ3v) is 3.48. The summed E-state index contributed by atoms with van der Waals surface area (Å²) >= 11 is 6.28. The van der Waals surface area contributed by atoms with Gasteiger partial charge in [-0.2, -0.15) is 0 Å². The molecule has 0 bridgehead atoms. The van der Waals surface area contributed by atoms with E-state index >= 15 is 0 Å². The summed E-state index contributed by atoms with van der Waals surface area (Å²) in [5.74, 6) is 1.38. The zero-order valence-corrected chi connectivity index (χ0v) is 11.9. The van der Waals surface area contributed by atoms with Crippen molar-refractivity contribution in [1.29, 1.82) is 0 Å². The first-order chi connectivity index (χ1) is 8.02. The monoisotopic (exact) mass is 255 g/mol. The molecule has 0 aromatic heterocycles. The summed E-state index contributed by atoms with van der Waals surface area (Å²) in [7, 11) is 1.72. The Morgan fingerprint density at radius 1 is 1.41 bits per heavy atom. The number of halogens is 1. The van der Waals surface area contributed by atoms with Crippen LogP contribution < -0.4 is 10.5 Å². The minimum atomic E-state index is 0.402. The number of methoxy groups -OCH3 is 1. The van der Waals surface area contributed by atoms with E-state index in [4.69, 9.17) is 22.1 Å². The van der Waals surface area contributed by atoms with E-state index in [0.717, 1.165) is 29.2 Å². The predicted octanol–water partition coefficient (Wildman–Crippen LogP) is 3.67. The highest BCUT2D eigenvalue weighted by Gasteiger charge is 2.16. The second-order valence-electron chi connectivity index (χ2n) is 4.63. The number of ether oxygens (including phenoxy) is 1. The molecule has 0 amide bonds. The number of benzene rings is 1. The van der Waals surface area contributed by atoms with Crippen LogP contribution in [0.1, 0.15) is 42.9 Å². The Balaban J connectivity index is 3.31. The number of rotatable bonds is 5. The van der Waals surface area contributed by atoms with E-state index in [1.807, 2.05) is 13.0 Å². The molecule has 1 rings (SSSR count). The van der Waals surface area contributed by atoms with E-state index in [9.17, 15) is 0 Å². The molecular weight excluding hydrogens is 234 g/mol. The minimum Gasteiger partial charge on any atom is -0.496 e. The van der Waals surface area contributed by atoms with E-state index in [2.05, 4.69) is 13.8 Å². The summed E-state index contributed by atoms with van der Waals surface area (Å²) in [4.78, 5) is 0. The van der Waals surface area contributed by atoms with Crippen LogP contribution in [0, 0.1) is 6.92 Å². The average Bonchev–Trinajstić information content (AvgIpc) is 2.30. The molecule has 0 atom stereocenters. The molecule has 0 spiro atoms. The molecule has 0 aliphatic heterocycles. The van der Waals surface area contributed by atoms with E-state index in [0.29, 0.717) is 12.5 Å². The first-order valence-corrected chi connectivity index (χ1v) is 6.46. The van der Waals surface area contributed by atoms with E-state index in [1.165, 1.54) is 11.1 Å². The highest BCUT2D eigenvalue weighted by molar-refractivity contribution is 6.31. The summed E-state index contributed by atoms with van der Waals surface area (Å²) in [6.07, 6.45) is 1.88. The van der Waals surface area contributed by atoms with E-state index in [-0.39, 0.29) is 0 Å². The molecule has 0 saturated carbocycles. The van der Waals surface area contributed by atoms with Crippen LogP contribution in [0.2, 0.25) is 5.02 Å². The summed E-state index contributed by atoms with van der Waals surface area (Å²) in [5.41, 5.74) is 9.07. The Morgan fingerprint density at radius 2 is 2.06 bits per heavy atom. The van der Waals surface area contributed by atoms with Crippen molar-refractivity contribution in [2.75, 3.05) is 13.7 Å². The third kappa shape index (κ3) is 3.14. The van der Waals surface area contributed by atoms with Gasteiger partial charge >= 0.3 is 0 Å². The summed E-state index contributed by atoms with van der Waals surface area (Å²) in [6, 6.07) is 2.02. The first-order valence-electron chi connectivity index (χ1n) is 6.08. The van der Waals surface area contributed by atoms with Gasteiger partial charge in [-0.3, -0.25) is 0 Å². The highest BCUT2D eigenvalue weighted by Crippen LogP contribution is 2.37. The van der Waals surface area contributed by atoms with Gasteiger partial charge in [-0.05, 0) is 55.0 Å². The Bertz CT molecular complexity index is 388. The molecule has 0 unspecified atom stereocenters. The molecule has 1 aromatic carbocycles. The molecular formula is C14H22ClNO. The molecule has 0 radical (unpaired) electrons. The van der Waals surface area contributed by atoms with E-state index in [1.54, 1.807) is 7.11 Å². The summed E-state index contributed by atoms with van der Waals surface area (Å²) < 4.78 is 5.57. The Hall–Kier alpha value is -0.730. The lowest BCUT2D eigenvalue weighted by Gasteiger charge is -2.19. The Kier molecular flexibility index (Phi) is 5.29. The molecule has 0 aliphatic rings. The first kappa shape index (κ1) is 14.3. The fourth-order valence-electron chi connectivity index (χ4n) is 2.05. The summed E-state index contributed by atoms with van der Waals surface area (Å²) in [6.45, 7) is 7.03.